The highest BCUT2D eigenvalue weighted by atomic mass is 32.1. The predicted octanol–water partition coefficient (Wildman–Crippen LogP) is 4.92. The Morgan fingerprint density at radius 2 is 1.64 bits per heavy atom. The SMILES string of the molecule is CCC(C)Oc1cccc(C(=O)NC(=S)Nc2ccc(C(=O)NCc3ccccc3)cc2)c1. The van der Waals surface area contributed by atoms with Crippen LogP contribution in [0.25, 0.3) is 0 Å². The van der Waals surface area contributed by atoms with E-state index in [1.807, 2.05) is 50.2 Å². The Kier molecular flexibility index (Phi) is 8.55. The number of ether oxygens (including phenoxy) is 1. The Morgan fingerprint density at radius 3 is 2.33 bits per heavy atom. The molecule has 0 radical (unpaired) electrons. The van der Waals surface area contributed by atoms with Crippen molar-refractivity contribution in [3.05, 3.63) is 95.6 Å². The molecule has 3 aromatic rings. The Balaban J connectivity index is 1.51. The number of thiocarbonyl (C=S) groups is 1. The van der Waals surface area contributed by atoms with Gasteiger partial charge in [0.25, 0.3) is 11.8 Å². The van der Waals surface area contributed by atoms with Crippen LogP contribution in [0.2, 0.25) is 0 Å². The quantitative estimate of drug-likeness (QED) is 0.415. The van der Waals surface area contributed by atoms with Crippen molar-refractivity contribution in [3.8, 4) is 5.75 Å². The highest BCUT2D eigenvalue weighted by Crippen LogP contribution is 2.16. The first-order chi connectivity index (χ1) is 15.9. The molecule has 6 nitrogen and oxygen atoms in total. The van der Waals surface area contributed by atoms with E-state index in [2.05, 4.69) is 16.0 Å². The highest BCUT2D eigenvalue weighted by molar-refractivity contribution is 7.80. The highest BCUT2D eigenvalue weighted by Gasteiger charge is 2.11. The maximum atomic E-state index is 12.5. The molecule has 33 heavy (non-hydrogen) atoms. The lowest BCUT2D eigenvalue weighted by Crippen LogP contribution is -2.34. The Labute approximate surface area is 199 Å². The van der Waals surface area contributed by atoms with Crippen molar-refractivity contribution in [2.45, 2.75) is 32.9 Å². The van der Waals surface area contributed by atoms with Gasteiger partial charge >= 0.3 is 0 Å². The second-order valence-corrected chi connectivity index (χ2v) is 7.93. The minimum Gasteiger partial charge on any atom is -0.491 e. The zero-order valence-electron chi connectivity index (χ0n) is 18.6. The molecular formula is C26H27N3O3S. The number of carbonyl (C=O) groups excluding carboxylic acids is 2. The standard InChI is InChI=1S/C26H27N3O3S/c1-3-18(2)32-23-11-7-10-21(16-23)25(31)29-26(33)28-22-14-12-20(13-15-22)24(30)27-17-19-8-5-4-6-9-19/h4-16,18H,3,17H2,1-2H3,(H,27,30)(H2,28,29,31,33). The van der Waals surface area contributed by atoms with Gasteiger partial charge in [-0.25, -0.2) is 0 Å². The van der Waals surface area contributed by atoms with Gasteiger partial charge < -0.3 is 15.4 Å². The molecule has 0 aromatic heterocycles. The van der Waals surface area contributed by atoms with E-state index >= 15 is 0 Å². The lowest BCUT2D eigenvalue weighted by atomic mass is 10.1. The van der Waals surface area contributed by atoms with Crippen LogP contribution in [0.1, 0.15) is 46.5 Å². The minimum atomic E-state index is -0.334. The van der Waals surface area contributed by atoms with Crippen LogP contribution >= 0.6 is 12.2 Å². The minimum absolute atomic E-state index is 0.0643. The summed E-state index contributed by atoms with van der Waals surface area (Å²) in [5.41, 5.74) is 2.67. The van der Waals surface area contributed by atoms with E-state index in [0.29, 0.717) is 29.1 Å². The van der Waals surface area contributed by atoms with Crippen molar-refractivity contribution in [2.75, 3.05) is 5.32 Å². The third-order valence-corrected chi connectivity index (χ3v) is 5.14. The van der Waals surface area contributed by atoms with Crippen LogP contribution < -0.4 is 20.7 Å². The Morgan fingerprint density at radius 1 is 0.909 bits per heavy atom. The molecule has 3 rings (SSSR count). The first-order valence-corrected chi connectivity index (χ1v) is 11.2. The van der Waals surface area contributed by atoms with Crippen LogP contribution in [0.3, 0.4) is 0 Å². The molecule has 170 valence electrons. The number of benzene rings is 3. The lowest BCUT2D eigenvalue weighted by molar-refractivity contribution is 0.0948. The van der Waals surface area contributed by atoms with E-state index in [9.17, 15) is 9.59 Å². The third-order valence-electron chi connectivity index (χ3n) is 4.94. The summed E-state index contributed by atoms with van der Waals surface area (Å²) in [6.45, 7) is 4.47. The number of nitrogens with one attached hydrogen (secondary N) is 3. The fourth-order valence-corrected chi connectivity index (χ4v) is 3.16. The van der Waals surface area contributed by atoms with Gasteiger partial charge in [0.05, 0.1) is 6.10 Å². The van der Waals surface area contributed by atoms with Gasteiger partial charge in [-0.15, -0.1) is 0 Å². The summed E-state index contributed by atoms with van der Waals surface area (Å²) in [7, 11) is 0. The van der Waals surface area contributed by atoms with Crippen LogP contribution in [0.15, 0.2) is 78.9 Å². The van der Waals surface area contributed by atoms with E-state index in [1.54, 1.807) is 42.5 Å². The smallest absolute Gasteiger partial charge is 0.257 e. The molecule has 3 N–H and O–H groups in total. The van der Waals surface area contributed by atoms with Gasteiger partial charge in [0.1, 0.15) is 5.75 Å². The molecule has 0 spiro atoms. The first-order valence-electron chi connectivity index (χ1n) is 10.8. The first kappa shape index (κ1) is 23.9. The summed E-state index contributed by atoms with van der Waals surface area (Å²) in [5, 5.41) is 8.67. The van der Waals surface area contributed by atoms with E-state index in [-0.39, 0.29) is 23.0 Å². The third kappa shape index (κ3) is 7.43. The zero-order chi connectivity index (χ0) is 23.6. The van der Waals surface area contributed by atoms with Crippen LogP contribution in [0.5, 0.6) is 5.75 Å². The number of carbonyl (C=O) groups is 2. The number of hydrogen-bond donors (Lipinski definition) is 3. The average Bonchev–Trinajstić information content (AvgIpc) is 2.83. The van der Waals surface area contributed by atoms with Crippen molar-refractivity contribution in [2.24, 2.45) is 0 Å². The molecule has 1 unspecified atom stereocenters. The maximum Gasteiger partial charge on any atom is 0.257 e. The normalized spacial score (nSPS) is 11.2. The van der Waals surface area contributed by atoms with Crippen LogP contribution in [-0.2, 0) is 6.54 Å². The maximum absolute atomic E-state index is 12.5. The molecule has 3 aromatic carbocycles. The van der Waals surface area contributed by atoms with Gasteiger partial charge in [0, 0.05) is 23.4 Å². The van der Waals surface area contributed by atoms with Gasteiger partial charge in [-0.3, -0.25) is 14.9 Å². The molecule has 2 amide bonds. The zero-order valence-corrected chi connectivity index (χ0v) is 19.4. The molecular weight excluding hydrogens is 434 g/mol. The topological polar surface area (TPSA) is 79.5 Å². The number of anilines is 1. The lowest BCUT2D eigenvalue weighted by Gasteiger charge is -2.14. The summed E-state index contributed by atoms with van der Waals surface area (Å²) in [4.78, 5) is 24.9. The van der Waals surface area contributed by atoms with Crippen molar-refractivity contribution in [1.29, 1.82) is 0 Å². The second kappa shape index (κ2) is 11.8. The van der Waals surface area contributed by atoms with E-state index in [4.69, 9.17) is 17.0 Å². The Bertz CT molecular complexity index is 1100. The van der Waals surface area contributed by atoms with Gasteiger partial charge in [-0.1, -0.05) is 43.3 Å². The van der Waals surface area contributed by atoms with Gasteiger partial charge in [-0.2, -0.15) is 0 Å². The monoisotopic (exact) mass is 461 g/mol. The molecule has 0 heterocycles. The van der Waals surface area contributed by atoms with Gasteiger partial charge in [-0.05, 0) is 73.6 Å². The van der Waals surface area contributed by atoms with Crippen molar-refractivity contribution in [3.63, 3.8) is 0 Å². The summed E-state index contributed by atoms with van der Waals surface area (Å²) >= 11 is 5.26. The summed E-state index contributed by atoms with van der Waals surface area (Å²) < 4.78 is 5.77. The second-order valence-electron chi connectivity index (χ2n) is 7.52. The number of rotatable bonds is 8. The molecule has 0 aliphatic heterocycles. The van der Waals surface area contributed by atoms with Crippen LogP contribution in [0.4, 0.5) is 5.69 Å². The summed E-state index contributed by atoms with van der Waals surface area (Å²) in [6, 6.07) is 23.5. The largest absolute Gasteiger partial charge is 0.491 e. The average molecular weight is 462 g/mol. The number of hydrogen-bond acceptors (Lipinski definition) is 4. The van der Waals surface area contributed by atoms with Crippen molar-refractivity contribution >= 4 is 34.8 Å². The molecule has 0 bridgehead atoms. The molecule has 0 fully saturated rings. The molecule has 0 saturated carbocycles. The molecule has 0 aliphatic rings. The van der Waals surface area contributed by atoms with Gasteiger partial charge in [0.15, 0.2) is 5.11 Å². The predicted molar refractivity (Wildman–Crippen MR) is 135 cm³/mol. The Hall–Kier alpha value is -3.71. The van der Waals surface area contributed by atoms with E-state index in [1.165, 1.54) is 0 Å². The van der Waals surface area contributed by atoms with E-state index in [0.717, 1.165) is 12.0 Å². The van der Waals surface area contributed by atoms with Gasteiger partial charge in [0.2, 0.25) is 0 Å². The summed E-state index contributed by atoms with van der Waals surface area (Å²) in [5.74, 6) is 0.136. The van der Waals surface area contributed by atoms with Crippen LogP contribution in [-0.4, -0.2) is 23.0 Å². The molecule has 0 saturated heterocycles. The molecule has 1 atom stereocenters. The number of amides is 2. The van der Waals surface area contributed by atoms with Crippen molar-refractivity contribution < 1.29 is 14.3 Å². The fraction of sp³-hybridized carbons (Fsp3) is 0.192. The molecule has 7 heteroatoms. The fourth-order valence-electron chi connectivity index (χ4n) is 2.95. The van der Waals surface area contributed by atoms with Crippen LogP contribution in [0, 0.1) is 0 Å². The van der Waals surface area contributed by atoms with E-state index < -0.39 is 0 Å². The van der Waals surface area contributed by atoms with Crippen molar-refractivity contribution in [1.82, 2.24) is 10.6 Å². The molecule has 0 aliphatic carbocycles. The summed E-state index contributed by atoms with van der Waals surface area (Å²) in [6.07, 6.45) is 0.937.